The number of nitriles is 2. The van der Waals surface area contributed by atoms with Crippen molar-refractivity contribution in [2.75, 3.05) is 0 Å². The first kappa shape index (κ1) is 28.2. The van der Waals surface area contributed by atoms with Crippen molar-refractivity contribution in [2.45, 2.75) is 0 Å². The van der Waals surface area contributed by atoms with Gasteiger partial charge in [-0.1, -0.05) is 66.7 Å². The third-order valence-electron chi connectivity index (χ3n) is 9.13. The van der Waals surface area contributed by atoms with Gasteiger partial charge in [-0.15, -0.1) is 22.7 Å². The third kappa shape index (κ3) is 4.75. The van der Waals surface area contributed by atoms with Gasteiger partial charge >= 0.3 is 0 Å². The fourth-order valence-electron chi connectivity index (χ4n) is 6.76. The lowest BCUT2D eigenvalue weighted by atomic mass is 9.91. The average molecular weight is 645 g/mol. The van der Waals surface area contributed by atoms with Crippen LogP contribution in [0.25, 0.3) is 84.9 Å². The number of rotatable bonds is 4. The maximum atomic E-state index is 9.81. The van der Waals surface area contributed by atoms with Gasteiger partial charge in [0.1, 0.15) is 0 Å². The van der Waals surface area contributed by atoms with E-state index in [1.807, 2.05) is 47.7 Å². The summed E-state index contributed by atoms with van der Waals surface area (Å²) in [5.74, 6) is 0. The summed E-state index contributed by atoms with van der Waals surface area (Å²) in [6.07, 6.45) is 0. The molecule has 2 nitrogen and oxygen atoms in total. The quantitative estimate of drug-likeness (QED) is 0.191. The molecule has 0 aliphatic rings. The summed E-state index contributed by atoms with van der Waals surface area (Å²) in [6.45, 7) is 0. The van der Waals surface area contributed by atoms with E-state index in [1.54, 1.807) is 11.3 Å². The molecule has 0 radical (unpaired) electrons. The van der Waals surface area contributed by atoms with Crippen LogP contribution in [0.2, 0.25) is 0 Å². The Balaban J connectivity index is 1.26. The second-order valence-electron chi connectivity index (χ2n) is 12.0. The van der Waals surface area contributed by atoms with Crippen LogP contribution >= 0.6 is 22.7 Å². The normalized spacial score (nSPS) is 11.3. The van der Waals surface area contributed by atoms with Crippen LogP contribution in [-0.4, -0.2) is 0 Å². The van der Waals surface area contributed by atoms with E-state index in [1.165, 1.54) is 35.1 Å². The van der Waals surface area contributed by atoms with Crippen LogP contribution in [0.5, 0.6) is 0 Å². The van der Waals surface area contributed by atoms with Gasteiger partial charge in [-0.2, -0.15) is 10.5 Å². The van der Waals surface area contributed by atoms with Gasteiger partial charge in [0.2, 0.25) is 0 Å². The highest BCUT2D eigenvalue weighted by atomic mass is 32.1. The Labute approximate surface area is 285 Å². The first-order valence-corrected chi connectivity index (χ1v) is 17.3. The minimum atomic E-state index is 0.663. The first-order chi connectivity index (χ1) is 23.6. The molecule has 0 atom stereocenters. The first-order valence-electron chi connectivity index (χ1n) is 15.7. The van der Waals surface area contributed by atoms with E-state index >= 15 is 0 Å². The van der Waals surface area contributed by atoms with Crippen LogP contribution in [0.3, 0.4) is 0 Å². The Morgan fingerprint density at radius 3 is 1.56 bits per heavy atom. The highest BCUT2D eigenvalue weighted by Crippen LogP contribution is 2.41. The van der Waals surface area contributed by atoms with Crippen LogP contribution in [-0.2, 0) is 0 Å². The number of benzene rings is 7. The third-order valence-corrected chi connectivity index (χ3v) is 11.4. The van der Waals surface area contributed by atoms with Crippen molar-refractivity contribution >= 4 is 63.0 Å². The Kier molecular flexibility index (Phi) is 6.66. The van der Waals surface area contributed by atoms with E-state index < -0.39 is 0 Å². The highest BCUT2D eigenvalue weighted by Gasteiger charge is 2.14. The zero-order valence-electron chi connectivity index (χ0n) is 25.6. The lowest BCUT2D eigenvalue weighted by Gasteiger charge is -2.13. The van der Waals surface area contributed by atoms with Gasteiger partial charge in [0.05, 0.1) is 23.3 Å². The molecule has 0 amide bonds. The van der Waals surface area contributed by atoms with Crippen molar-refractivity contribution in [3.8, 4) is 56.6 Å². The molecule has 9 aromatic rings. The molecule has 0 saturated carbocycles. The molecule has 2 aromatic heterocycles. The van der Waals surface area contributed by atoms with Gasteiger partial charge in [-0.25, -0.2) is 0 Å². The summed E-state index contributed by atoms with van der Waals surface area (Å²) in [4.78, 5) is 0. The fraction of sp³-hybridized carbons (Fsp3) is 0. The predicted molar refractivity (Wildman–Crippen MR) is 203 cm³/mol. The van der Waals surface area contributed by atoms with Gasteiger partial charge < -0.3 is 0 Å². The smallest absolute Gasteiger partial charge is 0.0998 e. The number of hydrogen-bond donors (Lipinski definition) is 0. The van der Waals surface area contributed by atoms with E-state index in [0.717, 1.165) is 49.7 Å². The molecule has 2 heterocycles. The maximum Gasteiger partial charge on any atom is 0.0998 e. The fourth-order valence-corrected chi connectivity index (χ4v) is 8.91. The second kappa shape index (κ2) is 11.3. The van der Waals surface area contributed by atoms with Crippen molar-refractivity contribution in [3.05, 3.63) is 157 Å². The van der Waals surface area contributed by atoms with Crippen molar-refractivity contribution in [2.24, 2.45) is 0 Å². The van der Waals surface area contributed by atoms with E-state index in [9.17, 15) is 10.5 Å². The van der Waals surface area contributed by atoms with Crippen LogP contribution in [0.15, 0.2) is 146 Å². The van der Waals surface area contributed by atoms with Gasteiger partial charge in [-0.3, -0.25) is 0 Å². The molecule has 9 rings (SSSR count). The summed E-state index contributed by atoms with van der Waals surface area (Å²) in [5, 5.41) is 24.2. The summed E-state index contributed by atoms with van der Waals surface area (Å²) in [6, 6.07) is 55.8. The van der Waals surface area contributed by atoms with E-state index in [0.29, 0.717) is 11.1 Å². The van der Waals surface area contributed by atoms with Crippen LogP contribution < -0.4 is 0 Å². The molecule has 0 spiro atoms. The van der Waals surface area contributed by atoms with Gasteiger partial charge in [-0.05, 0) is 123 Å². The highest BCUT2D eigenvalue weighted by molar-refractivity contribution is 7.26. The number of fused-ring (bicyclic) bond motifs is 6. The number of hydrogen-bond acceptors (Lipinski definition) is 4. The lowest BCUT2D eigenvalue weighted by molar-refractivity contribution is 1.48. The molecule has 4 heteroatoms. The Hall–Kier alpha value is -6.04. The molecule has 0 unspecified atom stereocenters. The molecule has 0 aliphatic carbocycles. The lowest BCUT2D eigenvalue weighted by Crippen LogP contribution is -1.88. The molecule has 0 bridgehead atoms. The molecule has 222 valence electrons. The largest absolute Gasteiger partial charge is 0.192 e. The van der Waals surface area contributed by atoms with Crippen molar-refractivity contribution in [1.82, 2.24) is 0 Å². The maximum absolute atomic E-state index is 9.81. The van der Waals surface area contributed by atoms with Gasteiger partial charge in [0.25, 0.3) is 0 Å². The van der Waals surface area contributed by atoms with E-state index in [4.69, 9.17) is 0 Å². The van der Waals surface area contributed by atoms with E-state index in [-0.39, 0.29) is 0 Å². The molecular weight excluding hydrogens is 621 g/mol. The Morgan fingerprint density at radius 1 is 0.354 bits per heavy atom. The summed E-state index contributed by atoms with van der Waals surface area (Å²) in [5.41, 5.74) is 10.0. The van der Waals surface area contributed by atoms with Crippen molar-refractivity contribution in [1.29, 1.82) is 10.5 Å². The second-order valence-corrected chi connectivity index (χ2v) is 14.1. The molecule has 7 aromatic carbocycles. The van der Waals surface area contributed by atoms with E-state index in [2.05, 4.69) is 121 Å². The topological polar surface area (TPSA) is 47.6 Å². The number of thiophene rings is 2. The average Bonchev–Trinajstić information content (AvgIpc) is 3.71. The minimum absolute atomic E-state index is 0.663. The molecule has 48 heavy (non-hydrogen) atoms. The summed E-state index contributed by atoms with van der Waals surface area (Å²) < 4.78 is 4.97. The molecule has 0 fully saturated rings. The van der Waals surface area contributed by atoms with Gasteiger partial charge in [0, 0.05) is 40.3 Å². The van der Waals surface area contributed by atoms with Crippen molar-refractivity contribution in [3.63, 3.8) is 0 Å². The molecule has 0 saturated heterocycles. The monoisotopic (exact) mass is 644 g/mol. The predicted octanol–water partition coefficient (Wildman–Crippen LogP) is 12.8. The minimum Gasteiger partial charge on any atom is -0.192 e. The number of nitrogens with zero attached hydrogens (tertiary/aromatic N) is 2. The summed E-state index contributed by atoms with van der Waals surface area (Å²) >= 11 is 3.59. The van der Waals surface area contributed by atoms with Crippen molar-refractivity contribution < 1.29 is 0 Å². The summed E-state index contributed by atoms with van der Waals surface area (Å²) in [7, 11) is 0. The zero-order valence-corrected chi connectivity index (χ0v) is 27.2. The molecular formula is C44H24N2S2. The molecule has 0 N–H and O–H groups in total. The molecule has 0 aliphatic heterocycles. The SMILES string of the molecule is N#Cc1ccc2sc3ccc(-c4cc(-c5cccc(-c6ccccc6C#N)c5)cc(-c5ccc6sc7ccccc7c6c5)c4)cc3c2c1. The Bertz CT molecular complexity index is 2820. The standard InChI is InChI=1S/C44H24N2S2/c45-25-27-12-15-42-38(18-27)40-24-30(14-17-44(40)48-42)35-21-33(28-7-5-8-31(19-28)36-9-2-1-6-32(36)26-46)20-34(22-35)29-13-16-43-39(23-29)37-10-3-4-11-41(37)47-43/h1-24H. The van der Waals surface area contributed by atoms with Crippen LogP contribution in [0.4, 0.5) is 0 Å². The zero-order chi connectivity index (χ0) is 32.2. The van der Waals surface area contributed by atoms with Gasteiger partial charge in [0.15, 0.2) is 0 Å². The van der Waals surface area contributed by atoms with Crippen LogP contribution in [0.1, 0.15) is 11.1 Å². The Morgan fingerprint density at radius 2 is 0.875 bits per heavy atom. The van der Waals surface area contributed by atoms with Crippen LogP contribution in [0, 0.1) is 22.7 Å².